The van der Waals surface area contributed by atoms with Gasteiger partial charge in [0.2, 0.25) is 0 Å². The third-order valence-electron chi connectivity index (χ3n) is 0. The molecule has 0 aliphatic carbocycles. The summed E-state index contributed by atoms with van der Waals surface area (Å²) in [5, 5.41) is 0. The maximum absolute atomic E-state index is 8.54. The first-order chi connectivity index (χ1) is 2.41. The van der Waals surface area contributed by atoms with Gasteiger partial charge in [-0.25, -0.2) is 0 Å². The fourth-order valence-electron chi connectivity index (χ4n) is 0. The Hall–Kier alpha value is -0.314. The predicted molar refractivity (Wildman–Crippen MR) is 12.4 cm³/mol. The molecule has 0 bridgehead atoms. The van der Waals surface area contributed by atoms with Gasteiger partial charge in [-0.3, -0.25) is 0 Å². The third kappa shape index (κ3) is 107. The van der Waals surface area contributed by atoms with Crippen LogP contribution in [-0.2, 0) is 20.1 Å². The SMILES string of the molecule is O=[C]=[Co].[N-]=O. The van der Waals surface area contributed by atoms with Gasteiger partial charge in [0.05, 0.1) is 0 Å². The second-order valence-electron chi connectivity index (χ2n) is 0.0680. The first kappa shape index (κ1) is 8.82. The van der Waals surface area contributed by atoms with Crippen LogP contribution in [0, 0.1) is 4.91 Å². The van der Waals surface area contributed by atoms with Gasteiger partial charge in [0.25, 0.3) is 0 Å². The van der Waals surface area contributed by atoms with Crippen LogP contribution in [-0.4, -0.2) is 4.82 Å². The maximum atomic E-state index is 8.54. The van der Waals surface area contributed by atoms with Crippen LogP contribution >= 0.6 is 0 Å². The van der Waals surface area contributed by atoms with E-state index >= 15 is 0 Å². The van der Waals surface area contributed by atoms with Gasteiger partial charge in [0.1, 0.15) is 0 Å². The number of rotatable bonds is 0. The van der Waals surface area contributed by atoms with E-state index in [4.69, 9.17) is 15.3 Å². The molecule has 0 amide bonds. The van der Waals surface area contributed by atoms with E-state index in [-0.39, 0.29) is 0 Å². The van der Waals surface area contributed by atoms with Gasteiger partial charge in [0.15, 0.2) is 0 Å². The molecule has 0 spiro atoms. The molecular formula is CCoNO2-. The van der Waals surface area contributed by atoms with Crippen molar-refractivity contribution >= 4 is 4.82 Å². The topological polar surface area (TPSA) is 56.4 Å². The molecule has 0 aromatic heterocycles. The average Bonchev–Trinajstić information content (AvgIpc) is 1.46. The minimum absolute atomic E-state index is 1.19. The van der Waals surface area contributed by atoms with Crippen LogP contribution in [0.25, 0.3) is 5.59 Å². The molecule has 0 heterocycles. The molecule has 0 aromatic rings. The minimum atomic E-state index is 1.19. The van der Waals surface area contributed by atoms with E-state index in [1.165, 1.54) is 4.82 Å². The smallest absolute Gasteiger partial charge is 0.423 e. The van der Waals surface area contributed by atoms with E-state index in [1.54, 1.807) is 0 Å². The van der Waals surface area contributed by atoms with Crippen LogP contribution in [0.1, 0.15) is 0 Å². The summed E-state index contributed by atoms with van der Waals surface area (Å²) in [4.78, 5) is 17.0. The summed E-state index contributed by atoms with van der Waals surface area (Å²) in [5.74, 6) is 0. The van der Waals surface area contributed by atoms with Gasteiger partial charge >= 0.3 is 24.9 Å². The van der Waals surface area contributed by atoms with Crippen molar-refractivity contribution in [2.45, 2.75) is 0 Å². The molecular weight excluding hydrogens is 117 g/mol. The van der Waals surface area contributed by atoms with Crippen molar-refractivity contribution in [2.75, 3.05) is 0 Å². The van der Waals surface area contributed by atoms with Gasteiger partial charge in [-0.2, -0.15) is 0 Å². The van der Waals surface area contributed by atoms with Crippen molar-refractivity contribution in [1.29, 1.82) is 0 Å². The van der Waals surface area contributed by atoms with Crippen LogP contribution in [0.4, 0.5) is 0 Å². The van der Waals surface area contributed by atoms with Gasteiger partial charge in [-0.1, -0.05) is 0 Å². The molecule has 0 aromatic carbocycles. The van der Waals surface area contributed by atoms with E-state index < -0.39 is 0 Å². The van der Waals surface area contributed by atoms with E-state index in [0.717, 1.165) is 0 Å². The fraction of sp³-hybridized carbons (Fsp3) is 0. The number of hydrogen-bond acceptors (Lipinski definition) is 2. The standard InChI is InChI=1S/CO.Co.NO/c1-2;;1-2/q;;-1. The number of hydrogen-bond donors (Lipinski definition) is 0. The molecule has 0 saturated heterocycles. The molecule has 0 atom stereocenters. The minimum Gasteiger partial charge on any atom is -0.577 e. The number of nitrogens with zero attached hydrogens (tertiary/aromatic N) is 1. The maximum Gasteiger partial charge on any atom is -0.423 e. The Balaban J connectivity index is 0. The monoisotopic (exact) mass is 117 g/mol. The molecule has 0 rings (SSSR count). The Labute approximate surface area is 36.3 Å². The summed E-state index contributed by atoms with van der Waals surface area (Å²) < 4.78 is 0. The van der Waals surface area contributed by atoms with Gasteiger partial charge in [-0.15, -0.1) is 0 Å². The van der Waals surface area contributed by atoms with E-state index in [2.05, 4.69) is 15.3 Å². The third-order valence-corrected chi connectivity index (χ3v) is 0. The largest absolute Gasteiger partial charge is 0.577 e. The summed E-state index contributed by atoms with van der Waals surface area (Å²) in [7, 11) is 0. The summed E-state index contributed by atoms with van der Waals surface area (Å²) in [5.41, 5.74) is 5.75. The van der Waals surface area contributed by atoms with Gasteiger partial charge in [-0.05, 0) is 0 Å². The van der Waals surface area contributed by atoms with Crippen LogP contribution in [0.3, 0.4) is 0 Å². The zero-order valence-electron chi connectivity index (χ0n) is 2.10. The van der Waals surface area contributed by atoms with Crippen molar-refractivity contribution in [1.82, 2.24) is 0 Å². The van der Waals surface area contributed by atoms with Crippen molar-refractivity contribution in [2.24, 2.45) is 0 Å². The Kier molecular flexibility index (Phi) is 99.6. The molecule has 3 nitrogen and oxygen atoms in total. The molecule has 0 radical (unpaired) electrons. The van der Waals surface area contributed by atoms with E-state index in [1.807, 2.05) is 0 Å². The molecule has 0 unspecified atom stereocenters. The summed E-state index contributed by atoms with van der Waals surface area (Å²) >= 11 is 3.02. The molecule has 5 heavy (non-hydrogen) atoms. The quantitative estimate of drug-likeness (QED) is 0.445. The molecule has 4 heteroatoms. The van der Waals surface area contributed by atoms with Crippen LogP contribution in [0.2, 0.25) is 0 Å². The Morgan fingerprint density at radius 3 is 1.60 bits per heavy atom. The Bertz CT molecular complexity index is 38.9. The van der Waals surface area contributed by atoms with Crippen LogP contribution in [0.5, 0.6) is 0 Å². The van der Waals surface area contributed by atoms with Gasteiger partial charge in [0, 0.05) is 0 Å². The average molecular weight is 117 g/mol. The molecule has 0 aliphatic rings. The number of nitroso groups, excluding NO2 is 1. The molecule has 0 aliphatic heterocycles. The fourth-order valence-corrected chi connectivity index (χ4v) is 0. The summed E-state index contributed by atoms with van der Waals surface area (Å²) in [6.07, 6.45) is 0. The van der Waals surface area contributed by atoms with Crippen molar-refractivity contribution in [3.8, 4) is 0 Å². The molecule has 0 saturated carbocycles. The van der Waals surface area contributed by atoms with Gasteiger partial charge < -0.3 is 10.5 Å². The van der Waals surface area contributed by atoms with Crippen molar-refractivity contribution in [3.63, 3.8) is 0 Å². The first-order valence-corrected chi connectivity index (χ1v) is 1.07. The van der Waals surface area contributed by atoms with E-state index in [0.29, 0.717) is 0 Å². The first-order valence-electron chi connectivity index (χ1n) is 0.553. The normalized spacial score (nSPS) is 2.60. The van der Waals surface area contributed by atoms with Crippen molar-refractivity contribution in [3.05, 3.63) is 10.5 Å². The summed E-state index contributed by atoms with van der Waals surface area (Å²) in [6.45, 7) is 0. The van der Waals surface area contributed by atoms with Crippen LogP contribution in [0.15, 0.2) is 0 Å². The number of carbonyl (C=O) groups excluding carboxylic acids is 1. The molecule has 0 fully saturated rings. The molecule has 0 N–H and O–H groups in total. The van der Waals surface area contributed by atoms with Crippen molar-refractivity contribution < 1.29 is 20.1 Å². The van der Waals surface area contributed by atoms with Crippen LogP contribution < -0.4 is 0 Å². The zero-order chi connectivity index (χ0) is 4.71. The summed E-state index contributed by atoms with van der Waals surface area (Å²) in [6, 6.07) is 0. The van der Waals surface area contributed by atoms with E-state index in [9.17, 15) is 0 Å². The molecule has 31 valence electrons. The Morgan fingerprint density at radius 1 is 1.60 bits per heavy atom. The Morgan fingerprint density at radius 2 is 1.60 bits per heavy atom. The second kappa shape index (κ2) is 56.5. The second-order valence-corrected chi connectivity index (χ2v) is 0.281. The zero-order valence-corrected chi connectivity index (χ0v) is 3.14. The predicted octanol–water partition coefficient (Wildman–Crippen LogP) is -0.0774.